The van der Waals surface area contributed by atoms with Gasteiger partial charge in [0.15, 0.2) is 0 Å². The number of ether oxygens (including phenoxy) is 2. The quantitative estimate of drug-likeness (QED) is 0.290. The van der Waals surface area contributed by atoms with Crippen LogP contribution >= 0.6 is 7.82 Å². The summed E-state index contributed by atoms with van der Waals surface area (Å²) in [7, 11) is -4.64. The smallest absolute Gasteiger partial charge is 0.466 e. The zero-order valence-electron chi connectivity index (χ0n) is 16.5. The Labute approximate surface area is 160 Å². The number of rotatable bonds is 8. The van der Waals surface area contributed by atoms with Crippen LogP contribution in [0.4, 0.5) is 5.69 Å². The van der Waals surface area contributed by atoms with Crippen LogP contribution in [0.2, 0.25) is 0 Å². The number of nitrogen functional groups attached to an aromatic ring is 1. The Morgan fingerprint density at radius 3 is 2.15 bits per heavy atom. The number of esters is 1. The molecule has 0 aromatic heterocycles. The van der Waals surface area contributed by atoms with Crippen molar-refractivity contribution in [3.05, 3.63) is 23.8 Å². The molecule has 0 aliphatic carbocycles. The molecule has 0 fully saturated rings. The highest BCUT2D eigenvalue weighted by atomic mass is 31.2. The number of nitrogens with two attached hydrogens (primary N) is 1. The molecule has 9 nitrogen and oxygen atoms in total. The highest BCUT2D eigenvalue weighted by Gasteiger charge is 2.16. The number of benzene rings is 1. The molecule has 0 unspecified atom stereocenters. The largest absolute Gasteiger partial charge is 0.491 e. The van der Waals surface area contributed by atoms with Crippen LogP contribution in [0.3, 0.4) is 0 Å². The van der Waals surface area contributed by atoms with Crippen LogP contribution in [0.5, 0.6) is 5.75 Å². The average Bonchev–Trinajstić information content (AvgIpc) is 2.49. The highest BCUT2D eigenvalue weighted by Crippen LogP contribution is 2.26. The van der Waals surface area contributed by atoms with Crippen molar-refractivity contribution >= 4 is 19.5 Å². The molecule has 0 bridgehead atoms. The molecule has 0 saturated carbocycles. The number of nitrogens with zero attached hydrogens (tertiary/aromatic N) is 1. The lowest BCUT2D eigenvalue weighted by molar-refractivity contribution is 0.0520. The molecule has 0 heterocycles. The topological polar surface area (TPSA) is 143 Å². The van der Waals surface area contributed by atoms with E-state index in [2.05, 4.69) is 32.6 Å². The van der Waals surface area contributed by atoms with Gasteiger partial charge in [0.25, 0.3) is 0 Å². The Morgan fingerprint density at radius 2 is 1.70 bits per heavy atom. The summed E-state index contributed by atoms with van der Waals surface area (Å²) in [5, 5.41) is 0. The molecule has 5 N–H and O–H groups in total. The molecule has 0 spiro atoms. The van der Waals surface area contributed by atoms with Crippen molar-refractivity contribution in [1.29, 1.82) is 0 Å². The lowest BCUT2D eigenvalue weighted by Gasteiger charge is -2.30. The maximum Gasteiger partial charge on any atom is 0.466 e. The summed E-state index contributed by atoms with van der Waals surface area (Å²) < 4.78 is 19.7. The second-order valence-electron chi connectivity index (χ2n) is 6.26. The normalized spacial score (nSPS) is 11.4. The number of hydrogen-bond acceptors (Lipinski definition) is 6. The zero-order valence-corrected chi connectivity index (χ0v) is 17.3. The van der Waals surface area contributed by atoms with Crippen LogP contribution < -0.4 is 10.5 Å². The third kappa shape index (κ3) is 11.6. The van der Waals surface area contributed by atoms with Crippen LogP contribution in [-0.4, -0.2) is 57.4 Å². The fourth-order valence-corrected chi connectivity index (χ4v) is 2.41. The summed E-state index contributed by atoms with van der Waals surface area (Å²) in [6.07, 6.45) is 0. The maximum absolute atomic E-state index is 11.9. The fourth-order valence-electron chi connectivity index (χ4n) is 2.41. The van der Waals surface area contributed by atoms with Gasteiger partial charge in [-0.05, 0) is 46.8 Å². The summed E-state index contributed by atoms with van der Waals surface area (Å²) in [4.78, 5) is 35.8. The van der Waals surface area contributed by atoms with Gasteiger partial charge in [0.05, 0.1) is 6.61 Å². The molecule has 1 rings (SSSR count). The molecule has 0 aliphatic heterocycles. The maximum atomic E-state index is 11.9. The van der Waals surface area contributed by atoms with Crippen molar-refractivity contribution < 1.29 is 33.5 Å². The molecule has 0 amide bonds. The molecule has 1 aromatic carbocycles. The van der Waals surface area contributed by atoms with Crippen molar-refractivity contribution in [3.8, 4) is 5.75 Å². The van der Waals surface area contributed by atoms with Crippen LogP contribution in [0.1, 0.15) is 45.0 Å². The standard InChI is InChI=1S/C17H28N2O3.H3O4P/c1-6-21-17(20)15-8-7-14(18)11-16(15)22-10-9-19(12(2)3)13(4)5;1-5(2,3)4/h7-8,11-13H,6,9-10,18H2,1-5H3;(H3,1,2,3,4). The Kier molecular flexibility index (Phi) is 11.2. The van der Waals surface area contributed by atoms with Crippen LogP contribution in [0.15, 0.2) is 18.2 Å². The van der Waals surface area contributed by atoms with Gasteiger partial charge in [0, 0.05) is 30.4 Å². The summed E-state index contributed by atoms with van der Waals surface area (Å²) in [6.45, 7) is 12.0. The number of phosphoric acid groups is 1. The van der Waals surface area contributed by atoms with Gasteiger partial charge in [-0.1, -0.05) is 0 Å². The van der Waals surface area contributed by atoms with Gasteiger partial charge in [-0.3, -0.25) is 4.90 Å². The zero-order chi connectivity index (χ0) is 21.2. The first-order valence-electron chi connectivity index (χ1n) is 8.60. The van der Waals surface area contributed by atoms with Gasteiger partial charge in [0.1, 0.15) is 17.9 Å². The summed E-state index contributed by atoms with van der Waals surface area (Å²) in [5.41, 5.74) is 6.76. The van der Waals surface area contributed by atoms with E-state index >= 15 is 0 Å². The van der Waals surface area contributed by atoms with E-state index in [-0.39, 0.29) is 5.97 Å². The third-order valence-electron chi connectivity index (χ3n) is 3.43. The molecule has 27 heavy (non-hydrogen) atoms. The molecule has 0 aliphatic rings. The second-order valence-corrected chi connectivity index (χ2v) is 7.29. The van der Waals surface area contributed by atoms with E-state index in [0.717, 1.165) is 6.54 Å². The van der Waals surface area contributed by atoms with Gasteiger partial charge < -0.3 is 29.9 Å². The van der Waals surface area contributed by atoms with E-state index in [1.165, 1.54) is 0 Å². The summed E-state index contributed by atoms with van der Waals surface area (Å²) in [6, 6.07) is 5.86. The van der Waals surface area contributed by atoms with Gasteiger partial charge in [-0.15, -0.1) is 0 Å². The van der Waals surface area contributed by atoms with Crippen molar-refractivity contribution in [2.45, 2.75) is 46.7 Å². The molecule has 0 radical (unpaired) electrons. The first-order valence-corrected chi connectivity index (χ1v) is 10.2. The first-order chi connectivity index (χ1) is 12.4. The van der Waals surface area contributed by atoms with Crippen LogP contribution in [-0.2, 0) is 9.30 Å². The Hall–Kier alpha value is -1.64. The Bertz CT molecular complexity index is 615. The molecular weight excluding hydrogens is 375 g/mol. The van der Waals surface area contributed by atoms with Crippen molar-refractivity contribution in [2.75, 3.05) is 25.5 Å². The molecule has 1 aromatic rings. The molecule has 10 heteroatoms. The predicted octanol–water partition coefficient (Wildman–Crippen LogP) is 2.01. The monoisotopic (exact) mass is 406 g/mol. The minimum atomic E-state index is -4.64. The van der Waals surface area contributed by atoms with Gasteiger partial charge in [-0.2, -0.15) is 0 Å². The summed E-state index contributed by atoms with van der Waals surface area (Å²) >= 11 is 0. The average molecular weight is 406 g/mol. The summed E-state index contributed by atoms with van der Waals surface area (Å²) in [5.74, 6) is 0.0907. The van der Waals surface area contributed by atoms with Crippen molar-refractivity contribution in [3.63, 3.8) is 0 Å². The molecule has 156 valence electrons. The van der Waals surface area contributed by atoms with E-state index in [1.54, 1.807) is 25.1 Å². The van der Waals surface area contributed by atoms with Crippen LogP contribution in [0, 0.1) is 0 Å². The van der Waals surface area contributed by atoms with Crippen LogP contribution in [0.25, 0.3) is 0 Å². The van der Waals surface area contributed by atoms with E-state index in [0.29, 0.717) is 42.3 Å². The molecule has 0 atom stereocenters. The lowest BCUT2D eigenvalue weighted by atomic mass is 10.2. The highest BCUT2D eigenvalue weighted by molar-refractivity contribution is 7.45. The Balaban J connectivity index is 0.00000119. The molecule has 0 saturated heterocycles. The number of carbonyl (C=O) groups is 1. The van der Waals surface area contributed by atoms with E-state index in [1.807, 2.05) is 0 Å². The Morgan fingerprint density at radius 1 is 1.19 bits per heavy atom. The van der Waals surface area contributed by atoms with Crippen molar-refractivity contribution in [2.24, 2.45) is 0 Å². The van der Waals surface area contributed by atoms with E-state index in [4.69, 9.17) is 34.5 Å². The number of hydrogen-bond donors (Lipinski definition) is 4. The van der Waals surface area contributed by atoms with Gasteiger partial charge >= 0.3 is 13.8 Å². The van der Waals surface area contributed by atoms with Gasteiger partial charge in [-0.25, -0.2) is 9.36 Å². The second kappa shape index (κ2) is 11.9. The SMILES string of the molecule is CCOC(=O)c1ccc(N)cc1OCCN(C(C)C)C(C)C.O=P(O)(O)O. The van der Waals surface area contributed by atoms with E-state index in [9.17, 15) is 4.79 Å². The number of anilines is 1. The molecular formula is C17H31N2O7P. The predicted molar refractivity (Wildman–Crippen MR) is 104 cm³/mol. The third-order valence-corrected chi connectivity index (χ3v) is 3.43. The number of carbonyl (C=O) groups excluding carboxylic acids is 1. The first kappa shape index (κ1) is 25.4. The minimum absolute atomic E-state index is 0.330. The fraction of sp³-hybridized carbons (Fsp3) is 0.588. The van der Waals surface area contributed by atoms with Crippen molar-refractivity contribution in [1.82, 2.24) is 4.90 Å². The minimum Gasteiger partial charge on any atom is -0.491 e. The van der Waals surface area contributed by atoms with E-state index < -0.39 is 7.82 Å². The van der Waals surface area contributed by atoms with Gasteiger partial charge in [0.2, 0.25) is 0 Å². The lowest BCUT2D eigenvalue weighted by Crippen LogP contribution is -2.39.